The van der Waals surface area contributed by atoms with Crippen LogP contribution in [-0.2, 0) is 0 Å². The first-order chi connectivity index (χ1) is 7.08. The quantitative estimate of drug-likeness (QED) is 0.632. The maximum absolute atomic E-state index is 6.04. The third kappa shape index (κ3) is 3.14. The fourth-order valence-corrected chi connectivity index (χ4v) is 2.00. The molecule has 0 unspecified atom stereocenters. The number of anilines is 2. The van der Waals surface area contributed by atoms with Gasteiger partial charge in [-0.2, -0.15) is 9.97 Å². The van der Waals surface area contributed by atoms with Gasteiger partial charge in [0, 0.05) is 13.1 Å². The Kier molecular flexibility index (Phi) is 4.47. The molecule has 1 aromatic heterocycles. The second-order valence-corrected chi connectivity index (χ2v) is 4.44. The largest absolute Gasteiger partial charge is 0.367 e. The zero-order valence-electron chi connectivity index (χ0n) is 9.26. The summed E-state index contributed by atoms with van der Waals surface area (Å²) in [6.45, 7) is 4.11. The maximum atomic E-state index is 6.04. The van der Waals surface area contributed by atoms with E-state index in [1.807, 2.05) is 6.26 Å². The lowest BCUT2D eigenvalue weighted by Crippen LogP contribution is -2.13. The van der Waals surface area contributed by atoms with Crippen molar-refractivity contribution in [3.05, 3.63) is 5.15 Å². The third-order valence-corrected chi connectivity index (χ3v) is 2.86. The predicted molar refractivity (Wildman–Crippen MR) is 67.1 cm³/mol. The predicted octanol–water partition coefficient (Wildman–Crippen LogP) is 2.71. The first-order valence-electron chi connectivity index (χ1n) is 4.64. The highest BCUT2D eigenvalue weighted by Crippen LogP contribution is 2.31. The van der Waals surface area contributed by atoms with Crippen molar-refractivity contribution in [2.45, 2.75) is 24.8 Å². The van der Waals surface area contributed by atoms with Gasteiger partial charge in [-0.3, -0.25) is 0 Å². The molecule has 0 radical (unpaired) electrons. The topological polar surface area (TPSA) is 49.8 Å². The van der Waals surface area contributed by atoms with Crippen molar-refractivity contribution < 1.29 is 0 Å². The standard InChI is InChI=1S/C9H15ClN4S/c1-5(2)12-8-6(15-4)7(10)13-9(11-3)14-8/h5H,1-4H3,(H2,11,12,13,14). The van der Waals surface area contributed by atoms with Crippen LogP contribution in [0.4, 0.5) is 11.8 Å². The molecule has 0 atom stereocenters. The number of nitrogens with zero attached hydrogens (tertiary/aromatic N) is 2. The Morgan fingerprint density at radius 3 is 2.47 bits per heavy atom. The van der Waals surface area contributed by atoms with Crippen molar-refractivity contribution in [2.24, 2.45) is 0 Å². The minimum Gasteiger partial charge on any atom is -0.367 e. The molecule has 0 aromatic carbocycles. The van der Waals surface area contributed by atoms with Gasteiger partial charge in [-0.1, -0.05) is 11.6 Å². The maximum Gasteiger partial charge on any atom is 0.225 e. The van der Waals surface area contributed by atoms with E-state index in [-0.39, 0.29) is 0 Å². The average molecular weight is 247 g/mol. The molecule has 1 aromatic rings. The summed E-state index contributed by atoms with van der Waals surface area (Å²) in [4.78, 5) is 9.32. The van der Waals surface area contributed by atoms with E-state index in [1.54, 1.807) is 7.05 Å². The molecule has 0 fully saturated rings. The molecule has 0 aliphatic rings. The van der Waals surface area contributed by atoms with E-state index in [4.69, 9.17) is 11.6 Å². The van der Waals surface area contributed by atoms with Gasteiger partial charge in [0.05, 0.1) is 4.90 Å². The number of halogens is 1. The second-order valence-electron chi connectivity index (χ2n) is 3.27. The van der Waals surface area contributed by atoms with Crippen LogP contribution in [0.3, 0.4) is 0 Å². The molecular formula is C9H15ClN4S. The molecule has 0 amide bonds. The van der Waals surface area contributed by atoms with E-state index in [9.17, 15) is 0 Å². The molecule has 0 aliphatic carbocycles. The number of aromatic nitrogens is 2. The van der Waals surface area contributed by atoms with E-state index < -0.39 is 0 Å². The summed E-state index contributed by atoms with van der Waals surface area (Å²) in [5, 5.41) is 6.60. The van der Waals surface area contributed by atoms with Gasteiger partial charge in [0.25, 0.3) is 0 Å². The monoisotopic (exact) mass is 246 g/mol. The van der Waals surface area contributed by atoms with Crippen LogP contribution in [0, 0.1) is 0 Å². The van der Waals surface area contributed by atoms with Crippen molar-refractivity contribution in [1.29, 1.82) is 0 Å². The molecule has 0 spiro atoms. The van der Waals surface area contributed by atoms with Gasteiger partial charge < -0.3 is 10.6 Å². The van der Waals surface area contributed by atoms with Crippen LogP contribution >= 0.6 is 23.4 Å². The summed E-state index contributed by atoms with van der Waals surface area (Å²) in [5.74, 6) is 1.31. The van der Waals surface area contributed by atoms with Gasteiger partial charge >= 0.3 is 0 Å². The third-order valence-electron chi connectivity index (χ3n) is 1.68. The SMILES string of the molecule is CNc1nc(Cl)c(SC)c(NC(C)C)n1. The van der Waals surface area contributed by atoms with Gasteiger partial charge in [-0.15, -0.1) is 11.8 Å². The molecule has 0 saturated heterocycles. The van der Waals surface area contributed by atoms with Crippen molar-refractivity contribution in [3.63, 3.8) is 0 Å². The first kappa shape index (κ1) is 12.4. The van der Waals surface area contributed by atoms with E-state index >= 15 is 0 Å². The highest BCUT2D eigenvalue weighted by atomic mass is 35.5. The Hall–Kier alpha value is -0.680. The zero-order chi connectivity index (χ0) is 11.4. The van der Waals surface area contributed by atoms with Crippen molar-refractivity contribution in [1.82, 2.24) is 9.97 Å². The smallest absolute Gasteiger partial charge is 0.225 e. The molecule has 0 saturated carbocycles. The lowest BCUT2D eigenvalue weighted by molar-refractivity contribution is 0.877. The summed E-state index contributed by atoms with van der Waals surface area (Å²) < 4.78 is 0. The van der Waals surface area contributed by atoms with Crippen LogP contribution in [0.1, 0.15) is 13.8 Å². The van der Waals surface area contributed by atoms with Gasteiger partial charge in [0.2, 0.25) is 5.95 Å². The van der Waals surface area contributed by atoms with E-state index in [1.165, 1.54) is 11.8 Å². The number of hydrogen-bond acceptors (Lipinski definition) is 5. The summed E-state index contributed by atoms with van der Waals surface area (Å²) >= 11 is 7.58. The molecule has 4 nitrogen and oxygen atoms in total. The molecule has 0 bridgehead atoms. The van der Waals surface area contributed by atoms with Crippen LogP contribution in [0.2, 0.25) is 5.15 Å². The minimum absolute atomic E-state index is 0.312. The van der Waals surface area contributed by atoms with Crippen LogP contribution in [0.25, 0.3) is 0 Å². The molecule has 84 valence electrons. The molecule has 6 heteroatoms. The fourth-order valence-electron chi connectivity index (χ4n) is 1.09. The molecule has 1 rings (SSSR count). The van der Waals surface area contributed by atoms with Gasteiger partial charge in [0.1, 0.15) is 11.0 Å². The lowest BCUT2D eigenvalue weighted by Gasteiger charge is -2.14. The van der Waals surface area contributed by atoms with Crippen molar-refractivity contribution in [3.8, 4) is 0 Å². The number of thioether (sulfide) groups is 1. The highest BCUT2D eigenvalue weighted by Gasteiger charge is 2.12. The van der Waals surface area contributed by atoms with Crippen LogP contribution in [-0.4, -0.2) is 29.3 Å². The molecule has 15 heavy (non-hydrogen) atoms. The van der Waals surface area contributed by atoms with Crippen molar-refractivity contribution >= 4 is 35.1 Å². The van der Waals surface area contributed by atoms with E-state index in [0.717, 1.165) is 10.7 Å². The summed E-state index contributed by atoms with van der Waals surface area (Å²) in [5.41, 5.74) is 0. The molecule has 0 aliphatic heterocycles. The molecular weight excluding hydrogens is 232 g/mol. The Bertz CT molecular complexity index is 343. The van der Waals surface area contributed by atoms with Crippen LogP contribution in [0.5, 0.6) is 0 Å². The van der Waals surface area contributed by atoms with Crippen LogP contribution < -0.4 is 10.6 Å². The normalized spacial score (nSPS) is 10.5. The Morgan fingerprint density at radius 2 is 2.00 bits per heavy atom. The Balaban J connectivity index is 3.13. The van der Waals surface area contributed by atoms with E-state index in [2.05, 4.69) is 34.4 Å². The number of nitrogens with one attached hydrogen (secondary N) is 2. The average Bonchev–Trinajstić information content (AvgIpc) is 2.16. The lowest BCUT2D eigenvalue weighted by atomic mass is 10.4. The van der Waals surface area contributed by atoms with E-state index in [0.29, 0.717) is 17.1 Å². The van der Waals surface area contributed by atoms with Gasteiger partial charge in [-0.25, -0.2) is 0 Å². The van der Waals surface area contributed by atoms with Gasteiger partial charge in [-0.05, 0) is 20.1 Å². The minimum atomic E-state index is 0.312. The Labute approximate surface area is 99.2 Å². The molecule has 1 heterocycles. The fraction of sp³-hybridized carbons (Fsp3) is 0.556. The Morgan fingerprint density at radius 1 is 1.33 bits per heavy atom. The van der Waals surface area contributed by atoms with Crippen molar-refractivity contribution in [2.75, 3.05) is 23.9 Å². The number of rotatable bonds is 4. The second kappa shape index (κ2) is 5.42. The molecule has 2 N–H and O–H groups in total. The van der Waals surface area contributed by atoms with Gasteiger partial charge in [0.15, 0.2) is 0 Å². The summed E-state index contributed by atoms with van der Waals surface area (Å²) in [7, 11) is 1.77. The first-order valence-corrected chi connectivity index (χ1v) is 6.24. The summed E-state index contributed by atoms with van der Waals surface area (Å²) in [6, 6.07) is 0.312. The highest BCUT2D eigenvalue weighted by molar-refractivity contribution is 7.98. The van der Waals surface area contributed by atoms with Crippen LogP contribution in [0.15, 0.2) is 4.90 Å². The zero-order valence-corrected chi connectivity index (χ0v) is 10.8. The number of hydrogen-bond donors (Lipinski definition) is 2. The summed E-state index contributed by atoms with van der Waals surface area (Å²) in [6.07, 6.45) is 1.95.